The van der Waals surface area contributed by atoms with Gasteiger partial charge >= 0.3 is 5.97 Å². The number of piperidine rings is 1. The summed E-state index contributed by atoms with van der Waals surface area (Å²) in [7, 11) is 0. The molecule has 1 N–H and O–H groups in total. The van der Waals surface area contributed by atoms with Crippen LogP contribution in [-0.4, -0.2) is 25.2 Å². The van der Waals surface area contributed by atoms with Gasteiger partial charge in [-0.1, -0.05) is 24.3 Å². The van der Waals surface area contributed by atoms with Gasteiger partial charge in [0.2, 0.25) is 0 Å². The third kappa shape index (κ3) is 2.97. The highest BCUT2D eigenvalue weighted by Gasteiger charge is 2.35. The van der Waals surface area contributed by atoms with E-state index in [1.165, 1.54) is 0 Å². The van der Waals surface area contributed by atoms with Crippen molar-refractivity contribution in [3.05, 3.63) is 24.3 Å². The predicted octanol–water partition coefficient (Wildman–Crippen LogP) is 2.05. The largest absolute Gasteiger partial charge is 0.466 e. The van der Waals surface area contributed by atoms with E-state index < -0.39 is 0 Å². The molecule has 1 aliphatic heterocycles. The number of allylic oxidation sites excluding steroid dienone is 3. The Morgan fingerprint density at radius 2 is 2.35 bits per heavy atom. The second-order valence-electron chi connectivity index (χ2n) is 4.69. The van der Waals surface area contributed by atoms with Gasteiger partial charge in [0, 0.05) is 6.04 Å². The standard InChI is InChI=1S/C14H21NO2/c1-2-17-14(16)12-9-6-10-15-13(12)11-7-4-3-5-8-11/h3-5,7,11-13,15H,2,6,8-10H2,1H3/t11-,12?,13?/m1/s1. The Morgan fingerprint density at radius 1 is 1.47 bits per heavy atom. The first-order valence-electron chi connectivity index (χ1n) is 6.56. The summed E-state index contributed by atoms with van der Waals surface area (Å²) in [4.78, 5) is 11.9. The highest BCUT2D eigenvalue weighted by molar-refractivity contribution is 5.73. The fourth-order valence-corrected chi connectivity index (χ4v) is 2.74. The van der Waals surface area contributed by atoms with Crippen molar-refractivity contribution in [2.24, 2.45) is 11.8 Å². The summed E-state index contributed by atoms with van der Waals surface area (Å²) in [6.45, 7) is 3.35. The minimum atomic E-state index is -0.0346. The molecular formula is C14H21NO2. The normalized spacial score (nSPS) is 32.4. The highest BCUT2D eigenvalue weighted by Crippen LogP contribution is 2.28. The molecule has 0 amide bonds. The Kier molecular flexibility index (Phi) is 4.37. The highest BCUT2D eigenvalue weighted by atomic mass is 16.5. The minimum Gasteiger partial charge on any atom is -0.466 e. The van der Waals surface area contributed by atoms with Crippen LogP contribution in [-0.2, 0) is 9.53 Å². The van der Waals surface area contributed by atoms with Crippen molar-refractivity contribution in [2.45, 2.75) is 32.2 Å². The van der Waals surface area contributed by atoms with Gasteiger partial charge in [-0.2, -0.15) is 0 Å². The first kappa shape index (κ1) is 12.4. The van der Waals surface area contributed by atoms with Crippen LogP contribution in [0.1, 0.15) is 26.2 Å². The van der Waals surface area contributed by atoms with Gasteiger partial charge in [0.05, 0.1) is 12.5 Å². The molecule has 94 valence electrons. The molecule has 17 heavy (non-hydrogen) atoms. The van der Waals surface area contributed by atoms with E-state index in [0.29, 0.717) is 12.5 Å². The second-order valence-corrected chi connectivity index (χ2v) is 4.69. The van der Waals surface area contributed by atoms with Crippen LogP contribution in [0.15, 0.2) is 24.3 Å². The van der Waals surface area contributed by atoms with Crippen molar-refractivity contribution < 1.29 is 9.53 Å². The van der Waals surface area contributed by atoms with Crippen LogP contribution in [0.25, 0.3) is 0 Å². The zero-order chi connectivity index (χ0) is 12.1. The number of hydrogen-bond acceptors (Lipinski definition) is 3. The van der Waals surface area contributed by atoms with E-state index in [1.807, 2.05) is 6.92 Å². The number of hydrogen-bond donors (Lipinski definition) is 1. The summed E-state index contributed by atoms with van der Waals surface area (Å²) in [6.07, 6.45) is 11.5. The summed E-state index contributed by atoms with van der Waals surface area (Å²) in [5.74, 6) is 0.409. The van der Waals surface area contributed by atoms with Crippen LogP contribution < -0.4 is 5.32 Å². The van der Waals surface area contributed by atoms with E-state index in [-0.39, 0.29) is 17.9 Å². The van der Waals surface area contributed by atoms with E-state index >= 15 is 0 Å². The molecule has 3 atom stereocenters. The van der Waals surface area contributed by atoms with E-state index in [9.17, 15) is 4.79 Å². The fourth-order valence-electron chi connectivity index (χ4n) is 2.74. The van der Waals surface area contributed by atoms with Crippen LogP contribution in [0.4, 0.5) is 0 Å². The molecule has 0 radical (unpaired) electrons. The zero-order valence-corrected chi connectivity index (χ0v) is 10.4. The predicted molar refractivity (Wildman–Crippen MR) is 67.5 cm³/mol. The molecule has 1 aliphatic carbocycles. The lowest BCUT2D eigenvalue weighted by molar-refractivity contribution is -0.150. The molecule has 1 heterocycles. The molecule has 0 aromatic heterocycles. The van der Waals surface area contributed by atoms with Gasteiger partial charge in [0.15, 0.2) is 0 Å². The minimum absolute atomic E-state index is 0.0184. The van der Waals surface area contributed by atoms with Gasteiger partial charge in [-0.05, 0) is 38.6 Å². The van der Waals surface area contributed by atoms with E-state index in [2.05, 4.69) is 29.6 Å². The Bertz CT molecular complexity index is 322. The molecule has 0 saturated carbocycles. The Balaban J connectivity index is 2.03. The molecular weight excluding hydrogens is 214 g/mol. The van der Waals surface area contributed by atoms with Gasteiger partial charge in [0.1, 0.15) is 0 Å². The van der Waals surface area contributed by atoms with E-state index in [1.54, 1.807) is 0 Å². The molecule has 2 unspecified atom stereocenters. The lowest BCUT2D eigenvalue weighted by Crippen LogP contribution is -2.49. The average Bonchev–Trinajstić information content (AvgIpc) is 2.40. The molecule has 2 rings (SSSR count). The molecule has 2 aliphatic rings. The Labute approximate surface area is 103 Å². The van der Waals surface area contributed by atoms with Crippen LogP contribution in [0.3, 0.4) is 0 Å². The molecule has 1 saturated heterocycles. The fraction of sp³-hybridized carbons (Fsp3) is 0.643. The first-order chi connectivity index (χ1) is 8.33. The van der Waals surface area contributed by atoms with Crippen molar-refractivity contribution in [3.8, 4) is 0 Å². The number of carbonyl (C=O) groups excluding carboxylic acids is 1. The number of nitrogens with one attached hydrogen (secondary N) is 1. The maximum Gasteiger partial charge on any atom is 0.310 e. The number of ether oxygens (including phenoxy) is 1. The monoisotopic (exact) mass is 235 g/mol. The number of carbonyl (C=O) groups is 1. The van der Waals surface area contributed by atoms with Gasteiger partial charge in [-0.25, -0.2) is 0 Å². The van der Waals surface area contributed by atoms with Crippen molar-refractivity contribution in [1.82, 2.24) is 5.32 Å². The quantitative estimate of drug-likeness (QED) is 0.761. The number of rotatable bonds is 3. The zero-order valence-electron chi connectivity index (χ0n) is 10.4. The van der Waals surface area contributed by atoms with Crippen molar-refractivity contribution in [2.75, 3.05) is 13.2 Å². The Morgan fingerprint density at radius 3 is 3.06 bits per heavy atom. The van der Waals surface area contributed by atoms with E-state index in [4.69, 9.17) is 4.74 Å². The maximum absolute atomic E-state index is 11.9. The molecule has 0 aromatic carbocycles. The summed E-state index contributed by atoms with van der Waals surface area (Å²) in [5, 5.41) is 3.49. The van der Waals surface area contributed by atoms with Crippen LogP contribution in [0.2, 0.25) is 0 Å². The van der Waals surface area contributed by atoms with Crippen LogP contribution in [0, 0.1) is 11.8 Å². The first-order valence-corrected chi connectivity index (χ1v) is 6.56. The van der Waals surface area contributed by atoms with Crippen molar-refractivity contribution >= 4 is 5.97 Å². The van der Waals surface area contributed by atoms with Gasteiger partial charge < -0.3 is 10.1 Å². The molecule has 0 spiro atoms. The second kappa shape index (κ2) is 6.01. The topological polar surface area (TPSA) is 38.3 Å². The Hall–Kier alpha value is -1.09. The number of esters is 1. The van der Waals surface area contributed by atoms with Gasteiger partial charge in [-0.15, -0.1) is 0 Å². The lowest BCUT2D eigenvalue weighted by Gasteiger charge is -2.35. The molecule has 3 nitrogen and oxygen atoms in total. The van der Waals surface area contributed by atoms with Crippen molar-refractivity contribution in [3.63, 3.8) is 0 Å². The van der Waals surface area contributed by atoms with Crippen molar-refractivity contribution in [1.29, 1.82) is 0 Å². The third-order valence-corrected chi connectivity index (χ3v) is 3.57. The average molecular weight is 235 g/mol. The SMILES string of the molecule is CCOC(=O)C1CCCNC1[C@@H]1C=CC=CC1. The van der Waals surface area contributed by atoms with Crippen LogP contribution >= 0.6 is 0 Å². The molecule has 1 fully saturated rings. The summed E-state index contributed by atoms with van der Waals surface area (Å²) in [6, 6.07) is 0.240. The van der Waals surface area contributed by atoms with Gasteiger partial charge in [0.25, 0.3) is 0 Å². The maximum atomic E-state index is 11.9. The van der Waals surface area contributed by atoms with Gasteiger partial charge in [-0.3, -0.25) is 4.79 Å². The lowest BCUT2D eigenvalue weighted by atomic mass is 9.80. The van der Waals surface area contributed by atoms with Crippen LogP contribution in [0.5, 0.6) is 0 Å². The molecule has 3 heteroatoms. The summed E-state index contributed by atoms with van der Waals surface area (Å²) >= 11 is 0. The summed E-state index contributed by atoms with van der Waals surface area (Å²) in [5.41, 5.74) is 0. The van der Waals surface area contributed by atoms with E-state index in [0.717, 1.165) is 25.8 Å². The molecule has 0 bridgehead atoms. The smallest absolute Gasteiger partial charge is 0.310 e. The molecule has 0 aromatic rings. The third-order valence-electron chi connectivity index (χ3n) is 3.57. The summed E-state index contributed by atoms with van der Waals surface area (Å²) < 4.78 is 5.18.